The quantitative estimate of drug-likeness (QED) is 0.465. The summed E-state index contributed by atoms with van der Waals surface area (Å²) in [5, 5.41) is 4.25. The van der Waals surface area contributed by atoms with Crippen LogP contribution in [0.4, 0.5) is 0 Å². The van der Waals surface area contributed by atoms with Crippen molar-refractivity contribution in [1.29, 1.82) is 0 Å². The van der Waals surface area contributed by atoms with Crippen LogP contribution in [0.1, 0.15) is 24.0 Å². The fraction of sp³-hybridized carbons (Fsp3) is 0.391. The molecule has 0 N–H and O–H groups in total. The normalized spacial score (nSPS) is 19.0. The Morgan fingerprint density at radius 1 is 0.933 bits per heavy atom. The molecule has 2 heterocycles. The summed E-state index contributed by atoms with van der Waals surface area (Å²) in [6.45, 7) is 2.06. The maximum atomic E-state index is 11.7. The van der Waals surface area contributed by atoms with Gasteiger partial charge in [0.2, 0.25) is 0 Å². The van der Waals surface area contributed by atoms with Crippen LogP contribution in [0.15, 0.2) is 30.3 Å². The first kappa shape index (κ1) is 19.5. The molecule has 0 bridgehead atoms. The van der Waals surface area contributed by atoms with E-state index in [1.54, 1.807) is 20.3 Å². The molecule has 0 aliphatic carbocycles. The Balaban J connectivity index is 1.84. The van der Waals surface area contributed by atoms with Gasteiger partial charge in [0.05, 0.1) is 20.5 Å². The summed E-state index contributed by atoms with van der Waals surface area (Å²) in [6, 6.07) is 10.2. The van der Waals surface area contributed by atoms with Gasteiger partial charge in [-0.05, 0) is 82.7 Å². The van der Waals surface area contributed by atoms with Crippen molar-refractivity contribution in [2.75, 3.05) is 27.0 Å². The minimum atomic E-state index is -3.60. The van der Waals surface area contributed by atoms with E-state index in [-0.39, 0.29) is 0 Å². The van der Waals surface area contributed by atoms with Crippen LogP contribution < -0.4 is 13.7 Å². The standard InChI is InChI=1S/C23H25NO5S/c1-27-22-11-19-18-10-15(29-30(3,25)26)6-7-16(18)17-9-14-5-4-8-24(14)13-21(17)20(19)12-23(22)28-2/h6-7,10-12,14H,4-5,8-9,13H2,1-3H3/t14-/m0/s1. The monoisotopic (exact) mass is 427 g/mol. The minimum absolute atomic E-state index is 0.319. The Morgan fingerprint density at radius 2 is 1.63 bits per heavy atom. The van der Waals surface area contributed by atoms with Crippen LogP contribution >= 0.6 is 0 Å². The molecule has 30 heavy (non-hydrogen) atoms. The highest BCUT2D eigenvalue weighted by molar-refractivity contribution is 7.86. The second-order valence-corrected chi connectivity index (χ2v) is 9.75. The predicted molar refractivity (Wildman–Crippen MR) is 117 cm³/mol. The molecule has 0 amide bonds. The second-order valence-electron chi connectivity index (χ2n) is 8.18. The zero-order chi connectivity index (χ0) is 21.0. The molecular formula is C23H25NO5S. The van der Waals surface area contributed by atoms with E-state index in [1.165, 1.54) is 24.0 Å². The van der Waals surface area contributed by atoms with Crippen molar-refractivity contribution in [2.45, 2.75) is 31.8 Å². The van der Waals surface area contributed by atoms with E-state index in [0.717, 1.165) is 47.3 Å². The molecule has 5 rings (SSSR count). The maximum Gasteiger partial charge on any atom is 0.306 e. The number of benzene rings is 3. The Hall–Kier alpha value is -2.51. The van der Waals surface area contributed by atoms with Crippen LogP contribution in [0.2, 0.25) is 0 Å². The molecule has 0 aromatic heterocycles. The Morgan fingerprint density at radius 3 is 2.33 bits per heavy atom. The molecule has 0 spiro atoms. The molecule has 158 valence electrons. The van der Waals surface area contributed by atoms with Crippen LogP contribution in [-0.4, -0.2) is 46.4 Å². The fourth-order valence-corrected chi connectivity index (χ4v) is 5.55. The third kappa shape index (κ3) is 3.17. The number of fused-ring (bicyclic) bond motifs is 7. The molecule has 1 saturated heterocycles. The zero-order valence-electron chi connectivity index (χ0n) is 17.4. The first-order valence-corrected chi connectivity index (χ1v) is 12.0. The van der Waals surface area contributed by atoms with Gasteiger partial charge >= 0.3 is 10.1 Å². The van der Waals surface area contributed by atoms with E-state index in [1.807, 2.05) is 24.3 Å². The van der Waals surface area contributed by atoms with Gasteiger partial charge in [-0.25, -0.2) is 0 Å². The number of hydrogen-bond donors (Lipinski definition) is 0. The first-order chi connectivity index (χ1) is 14.4. The van der Waals surface area contributed by atoms with Gasteiger partial charge in [0.1, 0.15) is 5.75 Å². The van der Waals surface area contributed by atoms with Crippen LogP contribution in [0.3, 0.4) is 0 Å². The van der Waals surface area contributed by atoms with Gasteiger partial charge in [-0.2, -0.15) is 8.42 Å². The molecule has 7 heteroatoms. The largest absolute Gasteiger partial charge is 0.493 e. The van der Waals surface area contributed by atoms with Gasteiger partial charge < -0.3 is 13.7 Å². The van der Waals surface area contributed by atoms with Crippen LogP contribution in [0, 0.1) is 0 Å². The summed E-state index contributed by atoms with van der Waals surface area (Å²) in [5.74, 6) is 1.66. The van der Waals surface area contributed by atoms with E-state index in [0.29, 0.717) is 23.3 Å². The average molecular weight is 428 g/mol. The number of methoxy groups -OCH3 is 2. The highest BCUT2D eigenvalue weighted by Crippen LogP contribution is 2.44. The lowest BCUT2D eigenvalue weighted by Gasteiger charge is -2.33. The van der Waals surface area contributed by atoms with Crippen LogP contribution in [0.25, 0.3) is 21.5 Å². The molecule has 3 aromatic carbocycles. The summed E-state index contributed by atoms with van der Waals surface area (Å²) >= 11 is 0. The van der Waals surface area contributed by atoms with E-state index < -0.39 is 10.1 Å². The van der Waals surface area contributed by atoms with Crippen molar-refractivity contribution in [3.63, 3.8) is 0 Å². The number of nitrogens with zero attached hydrogens (tertiary/aromatic N) is 1. The van der Waals surface area contributed by atoms with Gasteiger partial charge in [-0.3, -0.25) is 4.90 Å². The number of rotatable bonds is 4. The molecule has 3 aromatic rings. The predicted octanol–water partition coefficient (Wildman–Crippen LogP) is 3.87. The second kappa shape index (κ2) is 7.03. The molecule has 2 aliphatic rings. The lowest BCUT2D eigenvalue weighted by atomic mass is 9.85. The molecule has 0 saturated carbocycles. The summed E-state index contributed by atoms with van der Waals surface area (Å²) < 4.78 is 39.7. The van der Waals surface area contributed by atoms with Crippen molar-refractivity contribution in [3.8, 4) is 17.2 Å². The van der Waals surface area contributed by atoms with Crippen LogP contribution in [0.5, 0.6) is 17.2 Å². The number of ether oxygens (including phenoxy) is 2. The van der Waals surface area contributed by atoms with Crippen molar-refractivity contribution in [1.82, 2.24) is 4.90 Å². The molecule has 1 atom stereocenters. The van der Waals surface area contributed by atoms with Crippen molar-refractivity contribution < 1.29 is 22.1 Å². The first-order valence-electron chi connectivity index (χ1n) is 10.1. The lowest BCUT2D eigenvalue weighted by molar-refractivity contribution is 0.229. The van der Waals surface area contributed by atoms with Crippen molar-refractivity contribution in [3.05, 3.63) is 41.5 Å². The smallest absolute Gasteiger partial charge is 0.306 e. The lowest BCUT2D eigenvalue weighted by Crippen LogP contribution is -2.35. The van der Waals surface area contributed by atoms with E-state index >= 15 is 0 Å². The topological polar surface area (TPSA) is 65.1 Å². The molecule has 1 fully saturated rings. The van der Waals surface area contributed by atoms with Gasteiger partial charge in [0.15, 0.2) is 11.5 Å². The summed E-state index contributed by atoms with van der Waals surface area (Å²) in [7, 11) is -0.336. The van der Waals surface area contributed by atoms with Crippen LogP contribution in [-0.2, 0) is 23.1 Å². The van der Waals surface area contributed by atoms with E-state index in [2.05, 4.69) is 4.90 Å². The Labute approximate surface area is 176 Å². The minimum Gasteiger partial charge on any atom is -0.493 e. The third-order valence-electron chi connectivity index (χ3n) is 6.37. The summed E-state index contributed by atoms with van der Waals surface area (Å²) in [5.41, 5.74) is 2.67. The van der Waals surface area contributed by atoms with E-state index in [9.17, 15) is 8.42 Å². The third-order valence-corrected chi connectivity index (χ3v) is 6.86. The summed E-state index contributed by atoms with van der Waals surface area (Å²) in [6.07, 6.45) is 4.52. The molecule has 0 unspecified atom stereocenters. The fourth-order valence-electron chi connectivity index (χ4n) is 5.10. The molecule has 6 nitrogen and oxygen atoms in total. The maximum absolute atomic E-state index is 11.7. The average Bonchev–Trinajstić information content (AvgIpc) is 3.18. The molecular weight excluding hydrogens is 402 g/mol. The number of hydrogen-bond acceptors (Lipinski definition) is 6. The van der Waals surface area contributed by atoms with Gasteiger partial charge in [0.25, 0.3) is 0 Å². The van der Waals surface area contributed by atoms with E-state index in [4.69, 9.17) is 13.7 Å². The van der Waals surface area contributed by atoms with Gasteiger partial charge in [0, 0.05) is 12.6 Å². The van der Waals surface area contributed by atoms with Gasteiger partial charge in [-0.1, -0.05) is 6.07 Å². The molecule has 2 aliphatic heterocycles. The van der Waals surface area contributed by atoms with Crippen molar-refractivity contribution >= 4 is 31.7 Å². The summed E-state index contributed by atoms with van der Waals surface area (Å²) in [4.78, 5) is 2.57. The van der Waals surface area contributed by atoms with Gasteiger partial charge in [-0.15, -0.1) is 0 Å². The SMILES string of the molecule is COc1cc2c3c(c4ccc(OS(C)(=O)=O)cc4c2cc1OC)C[C@@H]1CCCN1C3. The zero-order valence-corrected chi connectivity index (χ0v) is 18.2. The van der Waals surface area contributed by atoms with Crippen molar-refractivity contribution in [2.24, 2.45) is 0 Å². The molecule has 0 radical (unpaired) electrons. The highest BCUT2D eigenvalue weighted by atomic mass is 32.2. The highest BCUT2D eigenvalue weighted by Gasteiger charge is 2.32. The Kier molecular flexibility index (Phi) is 4.56. The Bertz CT molecular complexity index is 1270.